The number of carbonyl (C=O) groups is 1. The first kappa shape index (κ1) is 10.4. The predicted molar refractivity (Wildman–Crippen MR) is 39.7 cm³/mol. The van der Waals surface area contributed by atoms with Crippen molar-refractivity contribution < 1.29 is 30.0 Å². The third-order valence-corrected chi connectivity index (χ3v) is 2.19. The van der Waals surface area contributed by atoms with Crippen molar-refractivity contribution in [2.24, 2.45) is 5.92 Å². The van der Waals surface area contributed by atoms with Gasteiger partial charge in [-0.15, -0.1) is 0 Å². The number of aliphatic hydroxyl groups excluding tert-OH is 3. The molecule has 0 aromatic carbocycles. The van der Waals surface area contributed by atoms with Crippen LogP contribution in [0.3, 0.4) is 0 Å². The molecule has 0 bridgehead atoms. The van der Waals surface area contributed by atoms with Crippen molar-refractivity contribution in [3.05, 3.63) is 0 Å². The lowest BCUT2D eigenvalue weighted by atomic mass is 9.91. The highest BCUT2D eigenvalue weighted by molar-refractivity contribution is 5.73. The summed E-state index contributed by atoms with van der Waals surface area (Å²) in [5, 5.41) is 36.0. The summed E-state index contributed by atoms with van der Waals surface area (Å²) in [5.41, 5.74) is 0. The Hall–Kier alpha value is -0.690. The Morgan fingerprint density at radius 2 is 1.77 bits per heavy atom. The Labute approximate surface area is 74.4 Å². The number of rotatable bonds is 1. The van der Waals surface area contributed by atoms with Crippen LogP contribution >= 0.6 is 0 Å². The number of hydrogen-bond donors (Lipinski definition) is 4. The van der Waals surface area contributed by atoms with Crippen LogP contribution < -0.4 is 0 Å². The third-order valence-electron chi connectivity index (χ3n) is 2.19. The summed E-state index contributed by atoms with van der Waals surface area (Å²) in [6, 6.07) is 0. The Morgan fingerprint density at radius 1 is 1.23 bits per heavy atom. The van der Waals surface area contributed by atoms with Crippen LogP contribution in [0.5, 0.6) is 0 Å². The first-order valence-corrected chi connectivity index (χ1v) is 3.87. The maximum absolute atomic E-state index is 10.5. The molecule has 0 aromatic rings. The van der Waals surface area contributed by atoms with E-state index < -0.39 is 36.5 Å². The zero-order valence-corrected chi connectivity index (χ0v) is 6.99. The lowest BCUT2D eigenvalue weighted by Crippen LogP contribution is -2.55. The van der Waals surface area contributed by atoms with Gasteiger partial charge in [-0.1, -0.05) is 6.92 Å². The van der Waals surface area contributed by atoms with Crippen LogP contribution in [0.1, 0.15) is 6.92 Å². The molecule has 1 saturated heterocycles. The van der Waals surface area contributed by atoms with Crippen molar-refractivity contribution in [2.45, 2.75) is 31.5 Å². The molecule has 0 aliphatic carbocycles. The van der Waals surface area contributed by atoms with E-state index in [1.54, 1.807) is 0 Å². The predicted octanol–water partition coefficient (Wildman–Crippen LogP) is -1.85. The van der Waals surface area contributed by atoms with E-state index in [-0.39, 0.29) is 0 Å². The van der Waals surface area contributed by atoms with Gasteiger partial charge in [0.25, 0.3) is 0 Å². The monoisotopic (exact) mass is 192 g/mol. The fraction of sp³-hybridized carbons (Fsp3) is 0.857. The minimum Gasteiger partial charge on any atom is -0.479 e. The molecule has 5 atom stereocenters. The molecule has 1 aliphatic rings. The van der Waals surface area contributed by atoms with Gasteiger partial charge in [-0.3, -0.25) is 0 Å². The van der Waals surface area contributed by atoms with Gasteiger partial charge in [0.15, 0.2) is 12.4 Å². The highest BCUT2D eigenvalue weighted by atomic mass is 16.6. The smallest absolute Gasteiger partial charge is 0.333 e. The van der Waals surface area contributed by atoms with Crippen LogP contribution in [-0.2, 0) is 9.53 Å². The first-order valence-electron chi connectivity index (χ1n) is 3.87. The van der Waals surface area contributed by atoms with E-state index in [1.165, 1.54) is 6.92 Å². The number of hydrogen-bond acceptors (Lipinski definition) is 5. The zero-order chi connectivity index (χ0) is 10.2. The molecule has 4 N–H and O–H groups in total. The molecule has 6 nitrogen and oxygen atoms in total. The van der Waals surface area contributed by atoms with Crippen LogP contribution in [0, 0.1) is 5.92 Å². The number of ether oxygens (including phenoxy) is 1. The molecule has 1 aliphatic heterocycles. The molecule has 1 unspecified atom stereocenters. The van der Waals surface area contributed by atoms with Crippen molar-refractivity contribution in [2.75, 3.05) is 0 Å². The largest absolute Gasteiger partial charge is 0.479 e. The number of aliphatic hydroxyl groups is 3. The second kappa shape index (κ2) is 3.59. The van der Waals surface area contributed by atoms with Gasteiger partial charge in [-0.2, -0.15) is 0 Å². The topological polar surface area (TPSA) is 107 Å². The van der Waals surface area contributed by atoms with E-state index >= 15 is 0 Å². The van der Waals surface area contributed by atoms with E-state index in [0.717, 1.165) is 0 Å². The molecule has 1 fully saturated rings. The average Bonchev–Trinajstić information content (AvgIpc) is 2.07. The quantitative estimate of drug-likeness (QED) is 0.388. The minimum atomic E-state index is -1.65. The highest BCUT2D eigenvalue weighted by Crippen LogP contribution is 2.24. The van der Waals surface area contributed by atoms with E-state index in [0.29, 0.717) is 0 Å². The lowest BCUT2D eigenvalue weighted by molar-refractivity contribution is -0.265. The summed E-state index contributed by atoms with van der Waals surface area (Å²) >= 11 is 0. The maximum atomic E-state index is 10.5. The van der Waals surface area contributed by atoms with Crippen LogP contribution in [0.2, 0.25) is 0 Å². The second-order valence-corrected chi connectivity index (χ2v) is 3.13. The number of carboxylic acids is 1. The van der Waals surface area contributed by atoms with Crippen molar-refractivity contribution in [3.8, 4) is 0 Å². The third kappa shape index (κ3) is 1.80. The van der Waals surface area contributed by atoms with Crippen molar-refractivity contribution in [3.63, 3.8) is 0 Å². The normalized spacial score (nSPS) is 46.0. The van der Waals surface area contributed by atoms with Gasteiger partial charge in [0, 0.05) is 5.92 Å². The minimum absolute atomic E-state index is 0.754. The molecule has 1 rings (SSSR count). The van der Waals surface area contributed by atoms with E-state index in [9.17, 15) is 9.90 Å². The zero-order valence-electron chi connectivity index (χ0n) is 6.99. The Morgan fingerprint density at radius 3 is 2.23 bits per heavy atom. The van der Waals surface area contributed by atoms with E-state index in [4.69, 9.17) is 15.3 Å². The molecule has 13 heavy (non-hydrogen) atoms. The maximum Gasteiger partial charge on any atom is 0.333 e. The molecule has 0 radical (unpaired) electrons. The molecule has 0 spiro atoms. The summed E-state index contributed by atoms with van der Waals surface area (Å²) < 4.78 is 4.59. The van der Waals surface area contributed by atoms with Gasteiger partial charge in [0.05, 0.1) is 6.10 Å². The molecule has 0 amide bonds. The fourth-order valence-electron chi connectivity index (χ4n) is 1.30. The van der Waals surface area contributed by atoms with Gasteiger partial charge in [0.1, 0.15) is 6.10 Å². The standard InChI is InChI=1S/C7H12O6/c1-2-3(8)4(9)7(12)13-5(2)6(10)11/h2-5,7-9,12H,1H3,(H,10,11)/t2?,3-,4+,5-,7-/m0/s1. The number of aliphatic carboxylic acids is 1. The van der Waals surface area contributed by atoms with Crippen molar-refractivity contribution in [1.82, 2.24) is 0 Å². The molecule has 6 heteroatoms. The van der Waals surface area contributed by atoms with Crippen molar-refractivity contribution in [1.29, 1.82) is 0 Å². The SMILES string of the molecule is CC1[C@@H](C(=O)O)O[C@H](O)[C@H](O)[C@H]1O. The fourth-order valence-corrected chi connectivity index (χ4v) is 1.30. The molecule has 0 aromatic heterocycles. The summed E-state index contributed by atoms with van der Waals surface area (Å²) in [6.07, 6.45) is -5.67. The van der Waals surface area contributed by atoms with Gasteiger partial charge >= 0.3 is 5.97 Å². The Balaban J connectivity index is 2.76. The van der Waals surface area contributed by atoms with Crippen molar-refractivity contribution >= 4 is 5.97 Å². The highest BCUT2D eigenvalue weighted by Gasteiger charge is 2.44. The molecule has 1 heterocycles. The van der Waals surface area contributed by atoms with E-state index in [2.05, 4.69) is 4.74 Å². The van der Waals surface area contributed by atoms with Gasteiger partial charge < -0.3 is 25.2 Å². The summed E-state index contributed by atoms with van der Waals surface area (Å²) in [5.74, 6) is -2.02. The molecule has 76 valence electrons. The van der Waals surface area contributed by atoms with Crippen LogP contribution in [0.25, 0.3) is 0 Å². The average molecular weight is 192 g/mol. The van der Waals surface area contributed by atoms with E-state index in [1.807, 2.05) is 0 Å². The van der Waals surface area contributed by atoms with Crippen LogP contribution in [0.4, 0.5) is 0 Å². The van der Waals surface area contributed by atoms with Crippen LogP contribution in [-0.4, -0.2) is 51.0 Å². The Bertz CT molecular complexity index is 205. The molecular weight excluding hydrogens is 180 g/mol. The van der Waals surface area contributed by atoms with Gasteiger partial charge in [-0.25, -0.2) is 4.79 Å². The second-order valence-electron chi connectivity index (χ2n) is 3.13. The van der Waals surface area contributed by atoms with Crippen LogP contribution in [0.15, 0.2) is 0 Å². The number of carboxylic acid groups (broad SMARTS) is 1. The molecule has 0 saturated carbocycles. The summed E-state index contributed by atoms with van der Waals surface area (Å²) in [4.78, 5) is 10.5. The first-order chi connectivity index (χ1) is 5.95. The lowest BCUT2D eigenvalue weighted by Gasteiger charge is -2.37. The Kier molecular flexibility index (Phi) is 2.87. The molecular formula is C7H12O6. The van der Waals surface area contributed by atoms with Gasteiger partial charge in [-0.05, 0) is 0 Å². The van der Waals surface area contributed by atoms with Gasteiger partial charge in [0.2, 0.25) is 0 Å². The summed E-state index contributed by atoms with van der Waals surface area (Å²) in [7, 11) is 0. The summed E-state index contributed by atoms with van der Waals surface area (Å²) in [6.45, 7) is 1.43.